The molecule has 0 aromatic heterocycles. The molecule has 60 heavy (non-hydrogen) atoms. The van der Waals surface area contributed by atoms with Crippen LogP contribution < -0.4 is 17.6 Å². The van der Waals surface area contributed by atoms with Gasteiger partial charge in [-0.25, -0.2) is 0 Å². The third-order valence-electron chi connectivity index (χ3n) is 14.1. The maximum atomic E-state index is 4.13. The second-order valence-corrected chi connectivity index (χ2v) is 33.2. The van der Waals surface area contributed by atoms with Crippen molar-refractivity contribution in [2.24, 2.45) is 0 Å². The second-order valence-electron chi connectivity index (χ2n) is 22.7. The molecule has 0 fully saturated rings. The number of benzene rings is 4. The van der Waals surface area contributed by atoms with E-state index < -0.39 is 27.8 Å². The topological polar surface area (TPSA) is 0 Å². The Bertz CT molecular complexity index is 2190. The SMILES string of the molecule is C[C](C#C[C](C)=[Ge]([c]1c(C(C)(C)C)cc(C)c(C)c1C)[c]1c(C(C)(C)C)cc(C)c(C)c1C)=[Ge]([c]1c(C(C)(C)C)cc(C)c(C)c1C)[c]1c(C(C)(C)C)cc(C)c(C)c1C. The molecule has 0 unspecified atom stereocenters. The van der Waals surface area contributed by atoms with Crippen molar-refractivity contribution in [3.05, 3.63) is 113 Å². The summed E-state index contributed by atoms with van der Waals surface area (Å²) in [5.41, 5.74) is 23.2. The first-order valence-corrected chi connectivity index (χ1v) is 28.9. The van der Waals surface area contributed by atoms with Crippen LogP contribution in [-0.4, -0.2) is 36.5 Å². The fraction of sp³-hybridized carbons (Fsp3) is 0.517. The van der Waals surface area contributed by atoms with E-state index in [1.54, 1.807) is 17.6 Å². The molecule has 0 nitrogen and oxygen atoms in total. The molecule has 4 rings (SSSR count). The minimum absolute atomic E-state index is 0.00411. The summed E-state index contributed by atoms with van der Waals surface area (Å²) in [6.07, 6.45) is 0. The molecular formula is C58H82Ge2. The molecule has 0 N–H and O–H groups in total. The van der Waals surface area contributed by atoms with Gasteiger partial charge >= 0.3 is 381 Å². The predicted molar refractivity (Wildman–Crippen MR) is 277 cm³/mol. The quantitative estimate of drug-likeness (QED) is 0.141. The Labute approximate surface area is 378 Å². The van der Waals surface area contributed by atoms with E-state index in [2.05, 4.69) is 216 Å². The van der Waals surface area contributed by atoms with Crippen LogP contribution in [0.1, 0.15) is 186 Å². The Kier molecular flexibility index (Phi) is 14.5. The summed E-state index contributed by atoms with van der Waals surface area (Å²) in [6, 6.07) is 10.1. The average Bonchev–Trinajstić information content (AvgIpc) is 3.11. The standard InChI is InChI=1S/C58H82Ge2/c1-33-29-47(55(15,16)17)51(43(11)39(33)7)59(52-44(12)40(8)34(2)30-48(52)56(18,19)20)37(5)27-28-38(6)60(53-45(13)41(9)35(3)31-49(53)57(21,22)23)54-46(14)42(10)36(4)32-50(54)58(24,25)26/h29-32H,1-26H3. The van der Waals surface area contributed by atoms with Crippen LogP contribution in [0.4, 0.5) is 0 Å². The van der Waals surface area contributed by atoms with Gasteiger partial charge in [0.15, 0.2) is 0 Å². The van der Waals surface area contributed by atoms with Crippen molar-refractivity contribution < 1.29 is 0 Å². The molecule has 0 bridgehead atoms. The van der Waals surface area contributed by atoms with Crippen molar-refractivity contribution >= 4 is 54.1 Å². The van der Waals surface area contributed by atoms with Crippen LogP contribution in [0, 0.1) is 94.9 Å². The first kappa shape index (κ1) is 49.9. The van der Waals surface area contributed by atoms with Gasteiger partial charge in [0.2, 0.25) is 0 Å². The van der Waals surface area contributed by atoms with Crippen LogP contribution in [0.15, 0.2) is 24.3 Å². The molecule has 0 aliphatic carbocycles. The normalized spacial score (nSPS) is 12.4. The van der Waals surface area contributed by atoms with Gasteiger partial charge < -0.3 is 0 Å². The van der Waals surface area contributed by atoms with Crippen molar-refractivity contribution in [3.63, 3.8) is 0 Å². The van der Waals surface area contributed by atoms with Crippen LogP contribution >= 0.6 is 0 Å². The third-order valence-corrected chi connectivity index (χ3v) is 27.3. The van der Waals surface area contributed by atoms with E-state index in [1.165, 1.54) is 97.7 Å². The van der Waals surface area contributed by atoms with Crippen molar-refractivity contribution in [2.45, 2.75) is 202 Å². The van der Waals surface area contributed by atoms with E-state index in [0.717, 1.165) is 0 Å². The summed E-state index contributed by atoms with van der Waals surface area (Å²) in [5, 5.41) is 0. The zero-order chi connectivity index (χ0) is 46.1. The molecule has 0 aliphatic heterocycles. The summed E-state index contributed by atoms with van der Waals surface area (Å²) in [7, 11) is 0. The van der Waals surface area contributed by atoms with E-state index in [-0.39, 0.29) is 21.7 Å². The van der Waals surface area contributed by atoms with Crippen LogP contribution in [0.2, 0.25) is 0 Å². The number of hydrogen-bond acceptors (Lipinski definition) is 0. The molecule has 0 saturated carbocycles. The van der Waals surface area contributed by atoms with Gasteiger partial charge in [0.05, 0.1) is 0 Å². The van der Waals surface area contributed by atoms with Crippen molar-refractivity contribution in [3.8, 4) is 11.8 Å². The Hall–Kier alpha value is -2.73. The van der Waals surface area contributed by atoms with E-state index in [9.17, 15) is 0 Å². The summed E-state index contributed by atoms with van der Waals surface area (Å²) in [5.74, 6) is 8.26. The predicted octanol–water partition coefficient (Wildman–Crippen LogP) is 12.0. The zero-order valence-electron chi connectivity index (χ0n) is 43.3. The number of rotatable bonds is 4. The van der Waals surface area contributed by atoms with Gasteiger partial charge in [-0.05, 0) is 0 Å². The van der Waals surface area contributed by atoms with Gasteiger partial charge in [-0.3, -0.25) is 0 Å². The van der Waals surface area contributed by atoms with Gasteiger partial charge in [0.25, 0.3) is 0 Å². The van der Waals surface area contributed by atoms with Gasteiger partial charge in [0.1, 0.15) is 0 Å². The molecule has 0 saturated heterocycles. The monoisotopic (exact) mass is 926 g/mol. The third kappa shape index (κ3) is 9.59. The van der Waals surface area contributed by atoms with E-state index in [4.69, 9.17) is 0 Å². The van der Waals surface area contributed by atoms with Crippen molar-refractivity contribution in [1.29, 1.82) is 0 Å². The first-order valence-electron chi connectivity index (χ1n) is 22.6. The molecule has 0 radical (unpaired) electrons. The van der Waals surface area contributed by atoms with Crippen LogP contribution in [0.25, 0.3) is 0 Å². The molecule has 0 atom stereocenters. The van der Waals surface area contributed by atoms with Gasteiger partial charge in [-0.2, -0.15) is 0 Å². The maximum absolute atomic E-state index is 4.13. The molecule has 322 valence electrons. The number of aryl methyl sites for hydroxylation is 4. The molecule has 2 heteroatoms. The Morgan fingerprint density at radius 1 is 0.317 bits per heavy atom. The van der Waals surface area contributed by atoms with E-state index in [0.29, 0.717) is 0 Å². The van der Waals surface area contributed by atoms with Crippen molar-refractivity contribution in [1.82, 2.24) is 0 Å². The van der Waals surface area contributed by atoms with Gasteiger partial charge in [-0.1, -0.05) is 0 Å². The van der Waals surface area contributed by atoms with Gasteiger partial charge in [-0.15, -0.1) is 0 Å². The number of hydrogen-bond donors (Lipinski definition) is 0. The minimum atomic E-state index is -2.54. The zero-order valence-corrected chi connectivity index (χ0v) is 47.5. The molecule has 0 aliphatic rings. The van der Waals surface area contributed by atoms with E-state index >= 15 is 0 Å². The average molecular weight is 925 g/mol. The summed E-state index contributed by atoms with van der Waals surface area (Å²) >= 11 is -5.08. The second kappa shape index (κ2) is 17.4. The molecular weight excluding hydrogens is 842 g/mol. The molecule has 0 heterocycles. The fourth-order valence-electron chi connectivity index (χ4n) is 9.30. The Morgan fingerprint density at radius 2 is 0.483 bits per heavy atom. The van der Waals surface area contributed by atoms with Crippen LogP contribution in [0.3, 0.4) is 0 Å². The van der Waals surface area contributed by atoms with E-state index in [1.807, 2.05) is 0 Å². The van der Waals surface area contributed by atoms with Gasteiger partial charge in [0, 0.05) is 0 Å². The fourth-order valence-corrected chi connectivity index (χ4v) is 25.0. The Morgan fingerprint density at radius 3 is 0.633 bits per heavy atom. The Balaban J connectivity index is 2.43. The van der Waals surface area contributed by atoms with Crippen LogP contribution in [-0.2, 0) is 21.7 Å². The van der Waals surface area contributed by atoms with Crippen LogP contribution in [0.5, 0.6) is 0 Å². The molecule has 0 spiro atoms. The summed E-state index contributed by atoms with van der Waals surface area (Å²) < 4.78 is 9.26. The molecule has 0 amide bonds. The summed E-state index contributed by atoms with van der Waals surface area (Å²) in [6.45, 7) is 62.2. The first-order chi connectivity index (χ1) is 27.2. The molecule has 4 aromatic rings. The molecule has 4 aromatic carbocycles. The van der Waals surface area contributed by atoms with Crippen molar-refractivity contribution in [2.75, 3.05) is 0 Å². The summed E-state index contributed by atoms with van der Waals surface area (Å²) in [4.78, 5) is 0.